The Morgan fingerprint density at radius 3 is 2.15 bits per heavy atom. The fourth-order valence-corrected chi connectivity index (χ4v) is 3.54. The number of rotatable bonds is 9. The van der Waals surface area contributed by atoms with Crippen LogP contribution in [0.1, 0.15) is 45.6 Å². The second-order valence-corrected chi connectivity index (χ2v) is 7.73. The van der Waals surface area contributed by atoms with E-state index in [-0.39, 0.29) is 32.3 Å². The number of aromatic amines is 1. The minimum atomic E-state index is -1.35. The Morgan fingerprint density at radius 2 is 1.47 bits per heavy atom. The van der Waals surface area contributed by atoms with Crippen molar-refractivity contribution in [3.05, 3.63) is 36.0 Å². The minimum Gasteiger partial charge on any atom is -0.456 e. The van der Waals surface area contributed by atoms with Gasteiger partial charge in [-0.25, -0.2) is 0 Å². The summed E-state index contributed by atoms with van der Waals surface area (Å²) in [5.74, 6) is -2.38. The molecule has 10 nitrogen and oxygen atoms in total. The van der Waals surface area contributed by atoms with Crippen LogP contribution in [-0.2, 0) is 49.3 Å². The van der Waals surface area contributed by atoms with Crippen molar-refractivity contribution in [3.8, 4) is 0 Å². The number of ether oxygens (including phenoxy) is 5. The van der Waals surface area contributed by atoms with Crippen molar-refractivity contribution in [1.82, 2.24) is 4.98 Å². The highest BCUT2D eigenvalue weighted by Gasteiger charge is 2.49. The smallest absolute Gasteiger partial charge is 0.312 e. The zero-order valence-electron chi connectivity index (χ0n) is 19.4. The van der Waals surface area contributed by atoms with Gasteiger partial charge in [-0.15, -0.1) is 0 Å². The lowest BCUT2D eigenvalue weighted by Crippen LogP contribution is -2.58. The third-order valence-electron chi connectivity index (χ3n) is 5.32. The maximum atomic E-state index is 12.8. The zero-order chi connectivity index (χ0) is 24.7. The Labute approximate surface area is 196 Å². The number of H-pyrrole nitrogens is 1. The number of aromatic nitrogens is 1. The van der Waals surface area contributed by atoms with E-state index in [1.54, 1.807) is 27.0 Å². The van der Waals surface area contributed by atoms with Crippen molar-refractivity contribution in [1.29, 1.82) is 0 Å². The number of esters is 4. The van der Waals surface area contributed by atoms with E-state index in [0.717, 1.165) is 16.5 Å². The van der Waals surface area contributed by atoms with E-state index in [0.29, 0.717) is 0 Å². The first-order valence-corrected chi connectivity index (χ1v) is 11.3. The monoisotopic (exact) mass is 475 g/mol. The number of para-hydroxylation sites is 1. The van der Waals surface area contributed by atoms with E-state index in [1.165, 1.54) is 0 Å². The maximum Gasteiger partial charge on any atom is 0.312 e. The van der Waals surface area contributed by atoms with Gasteiger partial charge >= 0.3 is 23.9 Å². The molecule has 2 aromatic rings. The van der Waals surface area contributed by atoms with Crippen LogP contribution in [0, 0.1) is 0 Å². The van der Waals surface area contributed by atoms with Gasteiger partial charge < -0.3 is 28.7 Å². The molecule has 0 spiro atoms. The lowest BCUT2D eigenvalue weighted by Gasteiger charge is -2.40. The van der Waals surface area contributed by atoms with Crippen LogP contribution < -0.4 is 0 Å². The van der Waals surface area contributed by atoms with Crippen molar-refractivity contribution in [2.75, 3.05) is 6.61 Å². The van der Waals surface area contributed by atoms with Crippen LogP contribution in [0.2, 0.25) is 0 Å². The lowest BCUT2D eigenvalue weighted by molar-refractivity contribution is -0.275. The van der Waals surface area contributed by atoms with Gasteiger partial charge in [0.1, 0.15) is 0 Å². The Kier molecular flexibility index (Phi) is 8.64. The third-order valence-corrected chi connectivity index (χ3v) is 5.32. The summed E-state index contributed by atoms with van der Waals surface area (Å²) in [6, 6.07) is 7.51. The van der Waals surface area contributed by atoms with Crippen LogP contribution >= 0.6 is 0 Å². The van der Waals surface area contributed by atoms with Gasteiger partial charge in [0.15, 0.2) is 12.2 Å². The van der Waals surface area contributed by atoms with Crippen molar-refractivity contribution in [2.45, 2.75) is 71.1 Å². The van der Waals surface area contributed by atoms with Gasteiger partial charge in [-0.05, 0) is 11.6 Å². The van der Waals surface area contributed by atoms with E-state index in [1.807, 2.05) is 24.3 Å². The molecule has 10 heteroatoms. The SMILES string of the molecule is CCC(=O)O[C@@H]1[C@@H](OC(=O)CC)[C@H](OC(=O)Cc2c[nH]c3ccccc23)OC[C@@H]1OC(=O)CC. The molecule has 184 valence electrons. The average molecular weight is 475 g/mol. The summed E-state index contributed by atoms with van der Waals surface area (Å²) >= 11 is 0. The number of hydrogen-bond acceptors (Lipinski definition) is 9. The summed E-state index contributed by atoms with van der Waals surface area (Å²) in [6.45, 7) is 4.59. The molecule has 0 bridgehead atoms. The molecule has 0 radical (unpaired) electrons. The minimum absolute atomic E-state index is 0.0281. The van der Waals surface area contributed by atoms with Gasteiger partial charge in [-0.1, -0.05) is 39.0 Å². The first-order valence-electron chi connectivity index (χ1n) is 11.3. The molecule has 1 fully saturated rings. The number of carbonyl (C=O) groups excluding carboxylic acids is 4. The largest absolute Gasteiger partial charge is 0.456 e. The quantitative estimate of drug-likeness (QED) is 0.429. The maximum absolute atomic E-state index is 12.8. The molecule has 1 saturated heterocycles. The van der Waals surface area contributed by atoms with Gasteiger partial charge in [-0.2, -0.15) is 0 Å². The Hall–Kier alpha value is -3.40. The molecule has 1 aliphatic rings. The van der Waals surface area contributed by atoms with E-state index in [2.05, 4.69) is 4.98 Å². The third kappa shape index (κ3) is 6.13. The normalized spacial score (nSPS) is 22.1. The molecule has 0 aliphatic carbocycles. The standard InChI is InChI=1S/C24H29NO9/c1-4-18(26)31-17-13-30-24(23(33-20(28)6-3)22(17)32-19(27)5-2)34-21(29)11-14-12-25-16-10-8-7-9-15(14)16/h7-10,12,17,22-25H,4-6,11,13H2,1-3H3/t17-,22-,23+,24-/m0/s1. The molecular weight excluding hydrogens is 446 g/mol. The van der Waals surface area contributed by atoms with E-state index < -0.39 is 48.5 Å². The van der Waals surface area contributed by atoms with Crippen LogP contribution in [0.15, 0.2) is 30.5 Å². The van der Waals surface area contributed by atoms with Gasteiger partial charge in [0.05, 0.1) is 13.0 Å². The molecule has 0 unspecified atom stereocenters. The molecule has 4 atom stereocenters. The summed E-state index contributed by atoms with van der Waals surface area (Å²) in [5.41, 5.74) is 1.60. The summed E-state index contributed by atoms with van der Waals surface area (Å²) in [6.07, 6.45) is -3.06. The van der Waals surface area contributed by atoms with E-state index >= 15 is 0 Å². The van der Waals surface area contributed by atoms with Crippen LogP contribution in [0.5, 0.6) is 0 Å². The molecule has 1 aromatic carbocycles. The summed E-state index contributed by atoms with van der Waals surface area (Å²) in [7, 11) is 0. The highest BCUT2D eigenvalue weighted by atomic mass is 16.7. The highest BCUT2D eigenvalue weighted by molar-refractivity contribution is 5.87. The fourth-order valence-electron chi connectivity index (χ4n) is 3.54. The number of hydrogen-bond donors (Lipinski definition) is 1. The van der Waals surface area contributed by atoms with Gasteiger partial charge in [0, 0.05) is 36.4 Å². The molecule has 0 amide bonds. The number of benzene rings is 1. The molecule has 34 heavy (non-hydrogen) atoms. The predicted octanol–water partition coefficient (Wildman–Crippen LogP) is 2.58. The van der Waals surface area contributed by atoms with Crippen LogP contribution in [0.25, 0.3) is 10.9 Å². The highest BCUT2D eigenvalue weighted by Crippen LogP contribution is 2.27. The van der Waals surface area contributed by atoms with Crippen LogP contribution in [-0.4, -0.2) is 60.1 Å². The first kappa shape index (κ1) is 25.2. The van der Waals surface area contributed by atoms with Gasteiger partial charge in [0.2, 0.25) is 12.4 Å². The number of nitrogens with one attached hydrogen (secondary N) is 1. The molecule has 1 N–H and O–H groups in total. The molecule has 3 rings (SSSR count). The molecule has 2 heterocycles. The molecule has 0 saturated carbocycles. The average Bonchev–Trinajstić information content (AvgIpc) is 3.24. The fraction of sp³-hybridized carbons (Fsp3) is 0.500. The van der Waals surface area contributed by atoms with Crippen LogP contribution in [0.3, 0.4) is 0 Å². The summed E-state index contributed by atoms with van der Waals surface area (Å²) < 4.78 is 27.4. The lowest BCUT2D eigenvalue weighted by atomic mass is 10.0. The Bertz CT molecular complexity index is 1030. The Morgan fingerprint density at radius 1 is 0.853 bits per heavy atom. The topological polar surface area (TPSA) is 130 Å². The second-order valence-electron chi connectivity index (χ2n) is 7.73. The summed E-state index contributed by atoms with van der Waals surface area (Å²) in [4.78, 5) is 52.0. The van der Waals surface area contributed by atoms with Gasteiger partial charge in [0.25, 0.3) is 0 Å². The molecule has 1 aliphatic heterocycles. The van der Waals surface area contributed by atoms with Crippen molar-refractivity contribution < 1.29 is 42.9 Å². The van der Waals surface area contributed by atoms with Crippen molar-refractivity contribution in [3.63, 3.8) is 0 Å². The summed E-state index contributed by atoms with van der Waals surface area (Å²) in [5, 5.41) is 0.874. The van der Waals surface area contributed by atoms with E-state index in [9.17, 15) is 19.2 Å². The number of fused-ring (bicyclic) bond motifs is 1. The first-order chi connectivity index (χ1) is 16.4. The predicted molar refractivity (Wildman–Crippen MR) is 118 cm³/mol. The number of carbonyl (C=O) groups is 4. The van der Waals surface area contributed by atoms with E-state index in [4.69, 9.17) is 23.7 Å². The molecule has 1 aromatic heterocycles. The van der Waals surface area contributed by atoms with Gasteiger partial charge in [-0.3, -0.25) is 19.2 Å². The molecular formula is C24H29NO9. The Balaban J connectivity index is 1.80. The van der Waals surface area contributed by atoms with Crippen molar-refractivity contribution in [2.24, 2.45) is 0 Å². The van der Waals surface area contributed by atoms with Crippen LogP contribution in [0.4, 0.5) is 0 Å². The second kappa shape index (κ2) is 11.6. The zero-order valence-corrected chi connectivity index (χ0v) is 19.4. The van der Waals surface area contributed by atoms with Crippen molar-refractivity contribution >= 4 is 34.8 Å².